The molecule has 1 saturated heterocycles. The topological polar surface area (TPSA) is 97.2 Å². The summed E-state index contributed by atoms with van der Waals surface area (Å²) >= 11 is 0. The summed E-state index contributed by atoms with van der Waals surface area (Å²) in [5.74, 6) is 0.493. The molecular formula is C22H26FN7O2. The van der Waals surface area contributed by atoms with Crippen molar-refractivity contribution in [2.24, 2.45) is 7.05 Å². The molecule has 0 saturated carbocycles. The van der Waals surface area contributed by atoms with Gasteiger partial charge in [-0.2, -0.15) is 5.10 Å². The lowest BCUT2D eigenvalue weighted by atomic mass is 10.0. The number of aryl methyl sites for hydroxylation is 2. The molecule has 0 unspecified atom stereocenters. The van der Waals surface area contributed by atoms with Gasteiger partial charge in [0.15, 0.2) is 0 Å². The summed E-state index contributed by atoms with van der Waals surface area (Å²) in [5.41, 5.74) is 4.65. The van der Waals surface area contributed by atoms with E-state index in [2.05, 4.69) is 25.7 Å². The molecule has 0 spiro atoms. The number of anilines is 2. The molecule has 3 aromatic rings. The molecule has 10 heteroatoms. The first-order valence-corrected chi connectivity index (χ1v) is 10.4. The van der Waals surface area contributed by atoms with Gasteiger partial charge in [0.1, 0.15) is 6.67 Å². The first-order chi connectivity index (χ1) is 15.5. The number of nitrogens with one attached hydrogen (secondary N) is 2. The molecule has 32 heavy (non-hydrogen) atoms. The summed E-state index contributed by atoms with van der Waals surface area (Å²) in [5, 5.41) is 10.2. The number of halogens is 1. The molecule has 3 heterocycles. The van der Waals surface area contributed by atoms with Crippen LogP contribution >= 0.6 is 0 Å². The number of hydrogen-bond acceptors (Lipinski definition) is 6. The lowest BCUT2D eigenvalue weighted by Gasteiger charge is -2.38. The van der Waals surface area contributed by atoms with Gasteiger partial charge >= 0.3 is 6.03 Å². The number of nitrogens with zero attached hydrogens (tertiary/aromatic N) is 5. The Morgan fingerprint density at radius 1 is 1.31 bits per heavy atom. The van der Waals surface area contributed by atoms with Crippen molar-refractivity contribution in [1.82, 2.24) is 30.0 Å². The number of amides is 2. The normalized spacial score (nSPS) is 13.7. The summed E-state index contributed by atoms with van der Waals surface area (Å²) in [6.07, 6.45) is 5.20. The van der Waals surface area contributed by atoms with Gasteiger partial charge in [0.2, 0.25) is 5.95 Å². The number of carbonyl (C=O) groups excluding carboxylic acids is 1. The van der Waals surface area contributed by atoms with E-state index in [1.807, 2.05) is 44.4 Å². The zero-order chi connectivity index (χ0) is 22.5. The predicted molar refractivity (Wildman–Crippen MR) is 118 cm³/mol. The molecule has 168 valence electrons. The zero-order valence-electron chi connectivity index (χ0n) is 18.1. The van der Waals surface area contributed by atoms with Crippen molar-refractivity contribution in [3.63, 3.8) is 0 Å². The molecule has 2 amide bonds. The van der Waals surface area contributed by atoms with E-state index in [9.17, 15) is 9.18 Å². The highest BCUT2D eigenvalue weighted by molar-refractivity contribution is 5.75. The van der Waals surface area contributed by atoms with Crippen LogP contribution in [0.5, 0.6) is 0 Å². The van der Waals surface area contributed by atoms with Crippen LogP contribution < -0.4 is 10.6 Å². The van der Waals surface area contributed by atoms with Crippen LogP contribution in [0.4, 0.5) is 20.8 Å². The summed E-state index contributed by atoms with van der Waals surface area (Å²) in [4.78, 5) is 22.8. The van der Waals surface area contributed by atoms with E-state index in [1.165, 1.54) is 0 Å². The SMILES string of the molecule is Cc1cc(-c2ccnc(Nc3cnn(C)c3)n2)ccc1CNC(=O)N1CC(OCCF)C1. The molecule has 1 aliphatic heterocycles. The van der Waals surface area contributed by atoms with E-state index in [-0.39, 0.29) is 18.7 Å². The number of carbonyl (C=O) groups is 1. The number of hydrogen-bond donors (Lipinski definition) is 2. The number of ether oxygens (including phenoxy) is 1. The van der Waals surface area contributed by atoms with Crippen molar-refractivity contribution in [3.05, 3.63) is 54.0 Å². The maximum absolute atomic E-state index is 12.3. The number of likely N-dealkylation sites (tertiary alicyclic amines) is 1. The average molecular weight is 439 g/mol. The van der Waals surface area contributed by atoms with E-state index in [0.29, 0.717) is 25.6 Å². The third kappa shape index (κ3) is 5.20. The van der Waals surface area contributed by atoms with Crippen molar-refractivity contribution >= 4 is 17.7 Å². The second-order valence-corrected chi connectivity index (χ2v) is 7.68. The third-order valence-electron chi connectivity index (χ3n) is 5.25. The van der Waals surface area contributed by atoms with Crippen molar-refractivity contribution in [1.29, 1.82) is 0 Å². The molecule has 9 nitrogen and oxygen atoms in total. The Bertz CT molecular complexity index is 1080. The fourth-order valence-corrected chi connectivity index (χ4v) is 3.45. The lowest BCUT2D eigenvalue weighted by molar-refractivity contribution is -0.0391. The Morgan fingerprint density at radius 3 is 2.88 bits per heavy atom. The van der Waals surface area contributed by atoms with Gasteiger partial charge in [-0.3, -0.25) is 4.68 Å². The molecule has 0 atom stereocenters. The molecule has 1 aliphatic rings. The van der Waals surface area contributed by atoms with Crippen molar-refractivity contribution < 1.29 is 13.9 Å². The number of aromatic nitrogens is 4. The predicted octanol–water partition coefficient (Wildman–Crippen LogP) is 2.81. The average Bonchev–Trinajstić information content (AvgIpc) is 3.16. The van der Waals surface area contributed by atoms with Gasteiger partial charge in [-0.1, -0.05) is 12.1 Å². The van der Waals surface area contributed by atoms with Crippen molar-refractivity contribution in [2.75, 3.05) is 31.7 Å². The van der Waals surface area contributed by atoms with Gasteiger partial charge in [-0.05, 0) is 30.2 Å². The van der Waals surface area contributed by atoms with Crippen molar-refractivity contribution in [2.45, 2.75) is 19.6 Å². The van der Waals surface area contributed by atoms with Gasteiger partial charge in [0.25, 0.3) is 0 Å². The summed E-state index contributed by atoms with van der Waals surface area (Å²) < 4.78 is 19.1. The Morgan fingerprint density at radius 2 is 2.16 bits per heavy atom. The number of urea groups is 1. The third-order valence-corrected chi connectivity index (χ3v) is 5.25. The molecule has 2 aromatic heterocycles. The van der Waals surface area contributed by atoms with Crippen LogP contribution in [0.1, 0.15) is 11.1 Å². The molecule has 0 radical (unpaired) electrons. The largest absolute Gasteiger partial charge is 0.372 e. The van der Waals surface area contributed by atoms with Crippen LogP contribution in [0.25, 0.3) is 11.3 Å². The van der Waals surface area contributed by atoms with E-state index in [0.717, 1.165) is 28.1 Å². The van der Waals surface area contributed by atoms with Gasteiger partial charge < -0.3 is 20.3 Å². The Hall–Kier alpha value is -3.53. The zero-order valence-corrected chi connectivity index (χ0v) is 18.1. The maximum atomic E-state index is 12.3. The molecule has 1 fully saturated rings. The van der Waals surface area contributed by atoms with Crippen LogP contribution in [0.15, 0.2) is 42.9 Å². The Labute approximate surface area is 185 Å². The van der Waals surface area contributed by atoms with Gasteiger partial charge in [-0.25, -0.2) is 19.2 Å². The molecular weight excluding hydrogens is 413 g/mol. The van der Waals surface area contributed by atoms with Gasteiger partial charge in [-0.15, -0.1) is 0 Å². The Balaban J connectivity index is 1.34. The molecule has 1 aromatic carbocycles. The number of rotatable bonds is 8. The van der Waals surface area contributed by atoms with Crippen LogP contribution in [-0.4, -0.2) is 63.2 Å². The highest BCUT2D eigenvalue weighted by Gasteiger charge is 2.31. The quantitative estimate of drug-likeness (QED) is 0.560. The summed E-state index contributed by atoms with van der Waals surface area (Å²) in [7, 11) is 1.85. The van der Waals surface area contributed by atoms with Crippen LogP contribution in [-0.2, 0) is 18.3 Å². The first kappa shape index (κ1) is 21.7. The van der Waals surface area contributed by atoms with Crippen LogP contribution in [0.2, 0.25) is 0 Å². The summed E-state index contributed by atoms with van der Waals surface area (Å²) in [6, 6.07) is 7.73. The molecule has 0 bridgehead atoms. The molecule has 2 N–H and O–H groups in total. The van der Waals surface area contributed by atoms with Crippen LogP contribution in [0, 0.1) is 6.92 Å². The maximum Gasteiger partial charge on any atom is 0.317 e. The number of alkyl halides is 1. The van der Waals surface area contributed by atoms with Gasteiger partial charge in [0, 0.05) is 31.5 Å². The smallest absolute Gasteiger partial charge is 0.317 e. The monoisotopic (exact) mass is 439 g/mol. The first-order valence-electron chi connectivity index (χ1n) is 10.4. The minimum atomic E-state index is -0.505. The van der Waals surface area contributed by atoms with Gasteiger partial charge in [0.05, 0.1) is 43.4 Å². The lowest BCUT2D eigenvalue weighted by Crippen LogP contribution is -2.57. The fourth-order valence-electron chi connectivity index (χ4n) is 3.45. The Kier molecular flexibility index (Phi) is 6.60. The highest BCUT2D eigenvalue weighted by Crippen LogP contribution is 2.22. The van der Waals surface area contributed by atoms with E-state index < -0.39 is 6.67 Å². The second-order valence-electron chi connectivity index (χ2n) is 7.68. The van der Waals surface area contributed by atoms with E-state index in [4.69, 9.17) is 4.74 Å². The number of benzene rings is 1. The minimum absolute atomic E-state index is 0.0667. The minimum Gasteiger partial charge on any atom is -0.372 e. The molecule has 4 rings (SSSR count). The highest BCUT2D eigenvalue weighted by atomic mass is 19.1. The van der Waals surface area contributed by atoms with Crippen molar-refractivity contribution in [3.8, 4) is 11.3 Å². The molecule has 0 aliphatic carbocycles. The standard InChI is InChI=1S/C22H26FN7O2/c1-15-9-16(20-5-7-24-21(28-20)27-18-11-26-29(2)12-18)3-4-17(15)10-25-22(31)30-13-19(14-30)32-8-6-23/h3-5,7,9,11-12,19H,6,8,10,13-14H2,1-2H3,(H,25,31)(H,24,27,28). The van der Waals surface area contributed by atoms with Crippen LogP contribution in [0.3, 0.4) is 0 Å². The van der Waals surface area contributed by atoms with E-state index in [1.54, 1.807) is 22.0 Å². The second kappa shape index (κ2) is 9.73. The fraction of sp³-hybridized carbons (Fsp3) is 0.364. The summed E-state index contributed by atoms with van der Waals surface area (Å²) in [6.45, 7) is 2.99. The van der Waals surface area contributed by atoms with E-state index >= 15 is 0 Å².